The van der Waals surface area contributed by atoms with E-state index in [1.54, 1.807) is 33.4 Å². The Labute approximate surface area is 165 Å². The summed E-state index contributed by atoms with van der Waals surface area (Å²) in [6.45, 7) is 1.94. The Morgan fingerprint density at radius 2 is 1.71 bits per heavy atom. The number of rotatable bonds is 10. The Bertz CT molecular complexity index is 751. The zero-order valence-electron chi connectivity index (χ0n) is 16.6. The monoisotopic (exact) mass is 389 g/mol. The van der Waals surface area contributed by atoms with Crippen LogP contribution in [-0.4, -0.2) is 40.4 Å². The average molecular weight is 389 g/mol. The summed E-state index contributed by atoms with van der Waals surface area (Å²) in [6.07, 6.45) is 1.81. The van der Waals surface area contributed by atoms with Gasteiger partial charge in [0.05, 0.1) is 20.8 Å². The third-order valence-corrected chi connectivity index (χ3v) is 4.11. The molecule has 0 aliphatic rings. The molecule has 0 heterocycles. The molecule has 0 radical (unpaired) electrons. The molecular weight excluding hydrogens is 361 g/mol. The number of hydrogen-bond acceptors (Lipinski definition) is 4. The summed E-state index contributed by atoms with van der Waals surface area (Å²) in [7, 11) is 5.00. The van der Waals surface area contributed by atoms with Crippen molar-refractivity contribution in [1.82, 2.24) is 10.6 Å². The number of nitrogens with zero attached hydrogens (tertiary/aromatic N) is 1. The summed E-state index contributed by atoms with van der Waals surface area (Å²) < 4.78 is 29.0. The first-order valence-corrected chi connectivity index (χ1v) is 9.20. The van der Waals surface area contributed by atoms with Gasteiger partial charge < -0.3 is 24.8 Å². The van der Waals surface area contributed by atoms with Gasteiger partial charge in [0.15, 0.2) is 5.96 Å². The third-order valence-electron chi connectivity index (χ3n) is 4.11. The van der Waals surface area contributed by atoms with Crippen LogP contribution >= 0.6 is 0 Å². The number of nitrogens with one attached hydrogen (secondary N) is 2. The van der Waals surface area contributed by atoms with Gasteiger partial charge in [0.25, 0.3) is 0 Å². The van der Waals surface area contributed by atoms with E-state index in [2.05, 4.69) is 15.6 Å². The van der Waals surface area contributed by atoms with Crippen LogP contribution in [-0.2, 0) is 6.54 Å². The first-order chi connectivity index (χ1) is 13.7. The predicted octanol–water partition coefficient (Wildman–Crippen LogP) is 3.37. The Morgan fingerprint density at radius 3 is 2.39 bits per heavy atom. The summed E-state index contributed by atoms with van der Waals surface area (Å²) in [4.78, 5) is 4.23. The van der Waals surface area contributed by atoms with Crippen LogP contribution < -0.4 is 24.8 Å². The van der Waals surface area contributed by atoms with Crippen molar-refractivity contribution in [3.63, 3.8) is 0 Å². The summed E-state index contributed by atoms with van der Waals surface area (Å²) in [6, 6.07) is 11.8. The molecule has 0 unspecified atom stereocenters. The summed E-state index contributed by atoms with van der Waals surface area (Å²) >= 11 is 0. The minimum Gasteiger partial charge on any atom is -0.497 e. The van der Waals surface area contributed by atoms with E-state index in [4.69, 9.17) is 14.2 Å². The molecule has 0 aliphatic heterocycles. The molecule has 0 spiro atoms. The normalized spacial score (nSPS) is 11.1. The van der Waals surface area contributed by atoms with Gasteiger partial charge in [-0.15, -0.1) is 0 Å². The molecule has 0 atom stereocenters. The second-order valence-electron chi connectivity index (χ2n) is 6.04. The fourth-order valence-corrected chi connectivity index (χ4v) is 2.55. The molecule has 0 aromatic heterocycles. The van der Waals surface area contributed by atoms with Crippen molar-refractivity contribution >= 4 is 5.96 Å². The van der Waals surface area contributed by atoms with Gasteiger partial charge >= 0.3 is 0 Å². The molecule has 0 aliphatic carbocycles. The lowest BCUT2D eigenvalue weighted by Gasteiger charge is -2.14. The fourth-order valence-electron chi connectivity index (χ4n) is 2.55. The molecule has 0 saturated carbocycles. The van der Waals surface area contributed by atoms with Gasteiger partial charge in [0.1, 0.15) is 23.1 Å². The minimum atomic E-state index is -0.261. The topological polar surface area (TPSA) is 64.1 Å². The number of guanidine groups is 1. The number of halogens is 1. The third kappa shape index (κ3) is 6.98. The van der Waals surface area contributed by atoms with Gasteiger partial charge in [-0.1, -0.05) is 0 Å². The quantitative estimate of drug-likeness (QED) is 0.371. The van der Waals surface area contributed by atoms with Crippen molar-refractivity contribution in [1.29, 1.82) is 0 Å². The summed E-state index contributed by atoms with van der Waals surface area (Å²) in [5.41, 5.74) is 1.01. The number of methoxy groups -OCH3 is 2. The zero-order valence-corrected chi connectivity index (χ0v) is 16.6. The highest BCUT2D eigenvalue weighted by molar-refractivity contribution is 5.79. The van der Waals surface area contributed by atoms with E-state index in [1.807, 2.05) is 18.2 Å². The number of unbranched alkanes of at least 4 members (excludes halogenated alkanes) is 1. The first-order valence-electron chi connectivity index (χ1n) is 9.20. The van der Waals surface area contributed by atoms with E-state index < -0.39 is 0 Å². The lowest BCUT2D eigenvalue weighted by molar-refractivity contribution is 0.306. The maximum absolute atomic E-state index is 12.8. The van der Waals surface area contributed by atoms with Gasteiger partial charge in [0.2, 0.25) is 0 Å². The second kappa shape index (κ2) is 11.7. The van der Waals surface area contributed by atoms with E-state index >= 15 is 0 Å². The van der Waals surface area contributed by atoms with Gasteiger partial charge in [-0.3, -0.25) is 4.99 Å². The Hall–Kier alpha value is -2.96. The van der Waals surface area contributed by atoms with Crippen LogP contribution in [0.3, 0.4) is 0 Å². The van der Waals surface area contributed by atoms with E-state index in [9.17, 15) is 4.39 Å². The van der Waals surface area contributed by atoms with E-state index in [0.717, 1.165) is 42.4 Å². The highest BCUT2D eigenvalue weighted by Gasteiger charge is 2.06. The number of ether oxygens (including phenoxy) is 3. The molecule has 0 amide bonds. The van der Waals surface area contributed by atoms with Crippen molar-refractivity contribution in [3.8, 4) is 17.2 Å². The van der Waals surface area contributed by atoms with Gasteiger partial charge in [-0.2, -0.15) is 0 Å². The number of benzene rings is 2. The van der Waals surface area contributed by atoms with Crippen LogP contribution in [0.1, 0.15) is 18.4 Å². The predicted molar refractivity (Wildman–Crippen MR) is 109 cm³/mol. The van der Waals surface area contributed by atoms with Gasteiger partial charge in [-0.05, 0) is 49.2 Å². The maximum Gasteiger partial charge on any atom is 0.191 e. The fraction of sp³-hybridized carbons (Fsp3) is 0.381. The molecule has 2 aromatic rings. The van der Waals surface area contributed by atoms with E-state index in [-0.39, 0.29) is 5.82 Å². The molecule has 2 aromatic carbocycles. The molecule has 2 N–H and O–H groups in total. The molecule has 6 nitrogen and oxygen atoms in total. The standard InChI is InChI=1S/C21H28FN3O3/c1-23-21(25-15-16-6-9-19(26-2)14-20(16)27-3)24-12-4-5-13-28-18-10-7-17(22)8-11-18/h6-11,14H,4-5,12-13,15H2,1-3H3,(H2,23,24,25). The average Bonchev–Trinajstić information content (AvgIpc) is 2.73. The summed E-state index contributed by atoms with van der Waals surface area (Å²) in [5.74, 6) is 2.66. The molecule has 0 bridgehead atoms. The van der Waals surface area contributed by atoms with Crippen molar-refractivity contribution in [2.45, 2.75) is 19.4 Å². The first kappa shape index (κ1) is 21.3. The van der Waals surface area contributed by atoms with Gasteiger partial charge in [-0.25, -0.2) is 4.39 Å². The van der Waals surface area contributed by atoms with Crippen molar-refractivity contribution in [2.75, 3.05) is 34.4 Å². The lowest BCUT2D eigenvalue weighted by atomic mass is 10.2. The molecule has 7 heteroatoms. The Morgan fingerprint density at radius 1 is 0.964 bits per heavy atom. The van der Waals surface area contributed by atoms with Crippen LogP contribution in [0.25, 0.3) is 0 Å². The molecule has 28 heavy (non-hydrogen) atoms. The molecular formula is C21H28FN3O3. The number of hydrogen-bond donors (Lipinski definition) is 2. The van der Waals surface area contributed by atoms with Crippen molar-refractivity contribution in [3.05, 3.63) is 53.8 Å². The van der Waals surface area contributed by atoms with Crippen LogP contribution in [0.2, 0.25) is 0 Å². The molecule has 152 valence electrons. The Balaban J connectivity index is 1.67. The highest BCUT2D eigenvalue weighted by atomic mass is 19.1. The van der Waals surface area contributed by atoms with Crippen LogP contribution in [0.4, 0.5) is 4.39 Å². The SMILES string of the molecule is CN=C(NCCCCOc1ccc(F)cc1)NCc1ccc(OC)cc1OC. The largest absolute Gasteiger partial charge is 0.497 e. The van der Waals surface area contributed by atoms with Crippen molar-refractivity contribution in [2.24, 2.45) is 4.99 Å². The Kier molecular flexibility index (Phi) is 8.91. The second-order valence-corrected chi connectivity index (χ2v) is 6.04. The maximum atomic E-state index is 12.8. The molecule has 0 saturated heterocycles. The smallest absolute Gasteiger partial charge is 0.191 e. The van der Waals surface area contributed by atoms with Crippen LogP contribution in [0.5, 0.6) is 17.2 Å². The number of aliphatic imine (C=N–C) groups is 1. The lowest BCUT2D eigenvalue weighted by Crippen LogP contribution is -2.37. The molecule has 0 fully saturated rings. The van der Waals surface area contributed by atoms with E-state index in [1.165, 1.54) is 12.1 Å². The van der Waals surface area contributed by atoms with E-state index in [0.29, 0.717) is 18.9 Å². The summed E-state index contributed by atoms with van der Waals surface area (Å²) in [5, 5.41) is 6.55. The van der Waals surface area contributed by atoms with Crippen molar-refractivity contribution < 1.29 is 18.6 Å². The minimum absolute atomic E-state index is 0.261. The van der Waals surface area contributed by atoms with Gasteiger partial charge in [0, 0.05) is 31.8 Å². The highest BCUT2D eigenvalue weighted by Crippen LogP contribution is 2.24. The zero-order chi connectivity index (χ0) is 20.2. The van der Waals surface area contributed by atoms with Crippen LogP contribution in [0.15, 0.2) is 47.5 Å². The van der Waals surface area contributed by atoms with Crippen LogP contribution in [0, 0.1) is 5.82 Å². The molecule has 2 rings (SSSR count).